The van der Waals surface area contributed by atoms with Gasteiger partial charge >= 0.3 is 0 Å². The van der Waals surface area contributed by atoms with Crippen molar-refractivity contribution in [1.29, 1.82) is 0 Å². The second-order valence-corrected chi connectivity index (χ2v) is 6.61. The van der Waals surface area contributed by atoms with Crippen LogP contribution in [0.25, 0.3) is 0 Å². The largest absolute Gasteiger partial charge is 0.497 e. The van der Waals surface area contributed by atoms with Crippen LogP contribution in [0.2, 0.25) is 0 Å². The van der Waals surface area contributed by atoms with Crippen molar-refractivity contribution in [3.8, 4) is 5.75 Å². The normalized spacial score (nSPS) is 18.7. The summed E-state index contributed by atoms with van der Waals surface area (Å²) in [5.41, 5.74) is 1.11. The maximum Gasteiger partial charge on any atom is 0.232 e. The third-order valence-electron chi connectivity index (χ3n) is 4.90. The smallest absolute Gasteiger partial charge is 0.232 e. The summed E-state index contributed by atoms with van der Waals surface area (Å²) in [6.45, 7) is 2.87. The van der Waals surface area contributed by atoms with Gasteiger partial charge in [0.1, 0.15) is 12.2 Å². The van der Waals surface area contributed by atoms with Crippen LogP contribution >= 0.6 is 0 Å². The summed E-state index contributed by atoms with van der Waals surface area (Å²) in [4.78, 5) is 26.0. The van der Waals surface area contributed by atoms with Crippen molar-refractivity contribution in [2.75, 3.05) is 40.0 Å². The fourth-order valence-corrected chi connectivity index (χ4v) is 3.33. The number of amides is 2. The summed E-state index contributed by atoms with van der Waals surface area (Å²) in [7, 11) is 1.63. The van der Waals surface area contributed by atoms with E-state index in [2.05, 4.69) is 5.32 Å². The Morgan fingerprint density at radius 3 is 2.42 bits per heavy atom. The highest BCUT2D eigenvalue weighted by molar-refractivity contribution is 5.96. The third-order valence-corrected chi connectivity index (χ3v) is 4.90. The molecule has 142 valence electrons. The van der Waals surface area contributed by atoms with Crippen LogP contribution in [-0.2, 0) is 25.5 Å². The Morgan fingerprint density at radius 1 is 1.15 bits per heavy atom. The van der Waals surface area contributed by atoms with Gasteiger partial charge in [-0.3, -0.25) is 9.59 Å². The Balaban J connectivity index is 1.35. The zero-order chi connectivity index (χ0) is 18.4. The Bertz CT molecular complexity index is 615. The molecule has 0 unspecified atom stereocenters. The Morgan fingerprint density at radius 2 is 1.81 bits per heavy atom. The number of hydrogen-bond donors (Lipinski definition) is 1. The molecule has 2 amide bonds. The highest BCUT2D eigenvalue weighted by Gasteiger charge is 2.40. The number of carbonyl (C=O) groups excluding carboxylic acids is 2. The third kappa shape index (κ3) is 4.74. The fraction of sp³-hybridized carbons (Fsp3) is 0.579. The van der Waals surface area contributed by atoms with E-state index in [9.17, 15) is 9.59 Å². The first-order chi connectivity index (χ1) is 12.6. The lowest BCUT2D eigenvalue weighted by Crippen LogP contribution is -2.48. The van der Waals surface area contributed by atoms with Crippen molar-refractivity contribution in [2.24, 2.45) is 0 Å². The molecule has 2 saturated heterocycles. The van der Waals surface area contributed by atoms with Crippen LogP contribution in [0.3, 0.4) is 0 Å². The molecule has 0 aromatic heterocycles. The summed E-state index contributed by atoms with van der Waals surface area (Å²) >= 11 is 0. The summed E-state index contributed by atoms with van der Waals surface area (Å²) in [6, 6.07) is 7.71. The van der Waals surface area contributed by atoms with Gasteiger partial charge in [-0.25, -0.2) is 0 Å². The second-order valence-electron chi connectivity index (χ2n) is 6.61. The first kappa shape index (κ1) is 18.7. The van der Waals surface area contributed by atoms with E-state index in [1.54, 1.807) is 12.0 Å². The number of benzene rings is 1. The van der Waals surface area contributed by atoms with E-state index >= 15 is 0 Å². The van der Waals surface area contributed by atoms with E-state index in [1.807, 2.05) is 24.3 Å². The van der Waals surface area contributed by atoms with Gasteiger partial charge < -0.3 is 24.4 Å². The summed E-state index contributed by atoms with van der Waals surface area (Å²) in [5.74, 6) is -0.0747. The highest BCUT2D eigenvalue weighted by Crippen LogP contribution is 2.31. The number of rotatable bonds is 6. The standard InChI is InChI=1S/C19H26N2O5/c1-24-16-4-2-15(3-5-16)6-9-20-17(22)14-18(23)21-10-7-19(8-11-21)25-12-13-26-19/h2-5H,6-14H2,1H3,(H,20,22). The van der Waals surface area contributed by atoms with E-state index in [1.165, 1.54) is 0 Å². The van der Waals surface area contributed by atoms with E-state index in [0.29, 0.717) is 52.1 Å². The maximum absolute atomic E-state index is 12.3. The summed E-state index contributed by atoms with van der Waals surface area (Å²) in [6.07, 6.45) is 1.93. The molecule has 0 aliphatic carbocycles. The zero-order valence-electron chi connectivity index (χ0n) is 15.2. The second kappa shape index (κ2) is 8.51. The van der Waals surface area contributed by atoms with Crippen LogP contribution < -0.4 is 10.1 Å². The van der Waals surface area contributed by atoms with Crippen LogP contribution in [0.4, 0.5) is 0 Å². The summed E-state index contributed by atoms with van der Waals surface area (Å²) in [5, 5.41) is 2.81. The number of methoxy groups -OCH3 is 1. The minimum Gasteiger partial charge on any atom is -0.497 e. The van der Waals surface area contributed by atoms with Crippen molar-refractivity contribution in [3.63, 3.8) is 0 Å². The van der Waals surface area contributed by atoms with Gasteiger partial charge in [-0.15, -0.1) is 0 Å². The lowest BCUT2D eigenvalue weighted by Gasteiger charge is -2.37. The predicted octanol–water partition coefficient (Wildman–Crippen LogP) is 1.11. The number of carbonyl (C=O) groups is 2. The monoisotopic (exact) mass is 362 g/mol. The van der Waals surface area contributed by atoms with Crippen molar-refractivity contribution < 1.29 is 23.8 Å². The molecule has 3 rings (SSSR count). The molecule has 1 aromatic rings. The number of hydrogen-bond acceptors (Lipinski definition) is 5. The van der Waals surface area contributed by atoms with Crippen molar-refractivity contribution >= 4 is 11.8 Å². The Kier molecular flexibility index (Phi) is 6.11. The van der Waals surface area contributed by atoms with Gasteiger partial charge in [-0.1, -0.05) is 12.1 Å². The van der Waals surface area contributed by atoms with Gasteiger partial charge in [0.05, 0.1) is 20.3 Å². The Hall–Kier alpha value is -2.12. The molecule has 2 aliphatic rings. The minimum atomic E-state index is -0.503. The quantitative estimate of drug-likeness (QED) is 0.767. The van der Waals surface area contributed by atoms with Gasteiger partial charge in [-0.2, -0.15) is 0 Å². The number of nitrogens with one attached hydrogen (secondary N) is 1. The van der Waals surface area contributed by atoms with E-state index in [0.717, 1.165) is 11.3 Å². The van der Waals surface area contributed by atoms with Gasteiger partial charge in [0.2, 0.25) is 11.8 Å². The van der Waals surface area contributed by atoms with Gasteiger partial charge in [0.25, 0.3) is 0 Å². The number of ether oxygens (including phenoxy) is 3. The van der Waals surface area contributed by atoms with E-state index < -0.39 is 5.79 Å². The molecule has 1 aromatic carbocycles. The van der Waals surface area contributed by atoms with E-state index in [-0.39, 0.29) is 18.2 Å². The van der Waals surface area contributed by atoms with Gasteiger partial charge in [0, 0.05) is 32.5 Å². The average molecular weight is 362 g/mol. The molecule has 0 bridgehead atoms. The van der Waals surface area contributed by atoms with E-state index in [4.69, 9.17) is 14.2 Å². The Labute approximate surface area is 153 Å². The summed E-state index contributed by atoms with van der Waals surface area (Å²) < 4.78 is 16.4. The fourth-order valence-electron chi connectivity index (χ4n) is 3.33. The topological polar surface area (TPSA) is 77.1 Å². The molecule has 7 heteroatoms. The number of nitrogens with zero attached hydrogens (tertiary/aromatic N) is 1. The van der Waals surface area contributed by atoms with Crippen molar-refractivity contribution in [3.05, 3.63) is 29.8 Å². The van der Waals surface area contributed by atoms with Crippen molar-refractivity contribution in [2.45, 2.75) is 31.5 Å². The molecule has 26 heavy (non-hydrogen) atoms. The molecular weight excluding hydrogens is 336 g/mol. The first-order valence-electron chi connectivity index (χ1n) is 9.05. The molecule has 0 radical (unpaired) electrons. The van der Waals surface area contributed by atoms with Crippen LogP contribution in [0, 0.1) is 0 Å². The molecule has 0 saturated carbocycles. The molecule has 2 fully saturated rings. The van der Waals surface area contributed by atoms with Crippen LogP contribution in [-0.4, -0.2) is 62.5 Å². The molecule has 2 heterocycles. The molecule has 7 nitrogen and oxygen atoms in total. The SMILES string of the molecule is COc1ccc(CCNC(=O)CC(=O)N2CCC3(CC2)OCCO3)cc1. The molecule has 2 aliphatic heterocycles. The number of piperidine rings is 1. The average Bonchev–Trinajstić information content (AvgIpc) is 3.10. The van der Waals surface area contributed by atoms with Gasteiger partial charge in [-0.05, 0) is 24.1 Å². The lowest BCUT2D eigenvalue weighted by molar-refractivity contribution is -0.187. The number of likely N-dealkylation sites (tertiary alicyclic amines) is 1. The molecular formula is C19H26N2O5. The van der Waals surface area contributed by atoms with Crippen molar-refractivity contribution in [1.82, 2.24) is 10.2 Å². The maximum atomic E-state index is 12.3. The van der Waals surface area contributed by atoms with Gasteiger partial charge in [0.15, 0.2) is 5.79 Å². The molecule has 1 spiro atoms. The highest BCUT2D eigenvalue weighted by atomic mass is 16.7. The van der Waals surface area contributed by atoms with Crippen LogP contribution in [0.1, 0.15) is 24.8 Å². The minimum absolute atomic E-state index is 0.114. The lowest BCUT2D eigenvalue weighted by atomic mass is 10.0. The molecule has 1 N–H and O–H groups in total. The van der Waals surface area contributed by atoms with Crippen LogP contribution in [0.15, 0.2) is 24.3 Å². The predicted molar refractivity (Wildman–Crippen MR) is 94.8 cm³/mol. The van der Waals surface area contributed by atoms with Crippen LogP contribution in [0.5, 0.6) is 5.75 Å². The first-order valence-corrected chi connectivity index (χ1v) is 9.05. The molecule has 0 atom stereocenters. The zero-order valence-corrected chi connectivity index (χ0v) is 15.2.